The van der Waals surface area contributed by atoms with Gasteiger partial charge in [-0.05, 0) is 29.5 Å². The summed E-state index contributed by atoms with van der Waals surface area (Å²) in [6, 6.07) is 6.71. The Balaban J connectivity index is 0.000000318. The van der Waals surface area contributed by atoms with Crippen LogP contribution >= 0.6 is 0 Å². The maximum atomic E-state index is 10.6. The first-order valence-electron chi connectivity index (χ1n) is 8.83. The smallest absolute Gasteiger partial charge is 0.475 e. The largest absolute Gasteiger partial charge is 0.490 e. The molecule has 2 heterocycles. The molecular weight excluding hydrogens is 403 g/mol. The Labute approximate surface area is 168 Å². The summed E-state index contributed by atoms with van der Waals surface area (Å²) >= 11 is 0. The van der Waals surface area contributed by atoms with Crippen LogP contribution in [-0.2, 0) is 17.8 Å². The highest BCUT2D eigenvalue weighted by atomic mass is 19.4. The Morgan fingerprint density at radius 3 is 2.70 bits per heavy atom. The van der Waals surface area contributed by atoms with E-state index in [9.17, 15) is 13.2 Å². The molecule has 9 nitrogen and oxygen atoms in total. The monoisotopic (exact) mass is 421 g/mol. The van der Waals surface area contributed by atoms with Crippen LogP contribution in [0.15, 0.2) is 43.2 Å². The van der Waals surface area contributed by atoms with Crippen LogP contribution in [0.1, 0.15) is 29.2 Å². The van der Waals surface area contributed by atoms with Crippen molar-refractivity contribution in [2.75, 3.05) is 5.32 Å². The van der Waals surface area contributed by atoms with Crippen molar-refractivity contribution in [1.82, 2.24) is 24.7 Å². The van der Waals surface area contributed by atoms with E-state index in [0.717, 1.165) is 18.7 Å². The maximum absolute atomic E-state index is 10.6. The molecule has 0 saturated carbocycles. The molecule has 12 heteroatoms. The third-order valence-corrected chi connectivity index (χ3v) is 4.36. The standard InChI is InChI=1S/C16H17N7.C2HF3O2/c17-6-11-1-3-13-12(5-11)2-4-14(13)21-15-7-18-8-16(22-15)23-10-19-9-20-23;3-2(4,5)1(6)7/h1,3,5,7-10,14H,2,4,6,17H2,(H,21,22);(H,6,7). The summed E-state index contributed by atoms with van der Waals surface area (Å²) in [7, 11) is 0. The number of aromatic nitrogens is 5. The van der Waals surface area contributed by atoms with Crippen LogP contribution < -0.4 is 11.1 Å². The molecule has 1 aliphatic carbocycles. The predicted molar refractivity (Wildman–Crippen MR) is 99.7 cm³/mol. The van der Waals surface area contributed by atoms with Crippen LogP contribution in [0.2, 0.25) is 0 Å². The van der Waals surface area contributed by atoms with Gasteiger partial charge in [-0.25, -0.2) is 19.4 Å². The first kappa shape index (κ1) is 21.2. The van der Waals surface area contributed by atoms with Crippen LogP contribution in [0, 0.1) is 0 Å². The SMILES string of the molecule is NCc1ccc2c(c1)CCC2Nc1cncc(-n2cncn2)n1.O=C(O)C(F)(F)F. The molecule has 0 spiro atoms. The number of carboxylic acid groups (broad SMARTS) is 1. The molecule has 1 unspecified atom stereocenters. The molecule has 0 amide bonds. The van der Waals surface area contributed by atoms with Crippen molar-refractivity contribution in [3.05, 3.63) is 59.9 Å². The number of hydrogen-bond acceptors (Lipinski definition) is 7. The van der Waals surface area contributed by atoms with Gasteiger partial charge in [0.2, 0.25) is 0 Å². The molecule has 1 aromatic carbocycles. The third-order valence-electron chi connectivity index (χ3n) is 4.36. The highest BCUT2D eigenvalue weighted by Gasteiger charge is 2.38. The molecule has 0 aliphatic heterocycles. The lowest BCUT2D eigenvalue weighted by atomic mass is 10.0. The van der Waals surface area contributed by atoms with E-state index >= 15 is 0 Å². The Hall–Kier alpha value is -3.54. The second-order valence-electron chi connectivity index (χ2n) is 6.38. The van der Waals surface area contributed by atoms with E-state index in [1.54, 1.807) is 23.4 Å². The number of nitrogens with two attached hydrogens (primary N) is 1. The van der Waals surface area contributed by atoms with Crippen molar-refractivity contribution in [3.63, 3.8) is 0 Å². The molecule has 1 aliphatic rings. The van der Waals surface area contributed by atoms with Crippen molar-refractivity contribution >= 4 is 11.8 Å². The number of aliphatic carboxylic acids is 1. The summed E-state index contributed by atoms with van der Waals surface area (Å²) in [4.78, 5) is 21.6. The zero-order valence-corrected chi connectivity index (χ0v) is 15.5. The first-order chi connectivity index (χ1) is 14.3. The Kier molecular flexibility index (Phi) is 6.26. The number of benzene rings is 1. The van der Waals surface area contributed by atoms with Gasteiger partial charge in [0.15, 0.2) is 5.82 Å². The van der Waals surface area contributed by atoms with Crippen LogP contribution in [0.3, 0.4) is 0 Å². The minimum atomic E-state index is -5.08. The van der Waals surface area contributed by atoms with Gasteiger partial charge >= 0.3 is 12.1 Å². The summed E-state index contributed by atoms with van der Waals surface area (Å²) in [5.41, 5.74) is 9.58. The van der Waals surface area contributed by atoms with E-state index in [-0.39, 0.29) is 6.04 Å². The van der Waals surface area contributed by atoms with Gasteiger partial charge in [-0.15, -0.1) is 0 Å². The Morgan fingerprint density at radius 1 is 1.30 bits per heavy atom. The van der Waals surface area contributed by atoms with Crippen molar-refractivity contribution < 1.29 is 23.1 Å². The number of hydrogen-bond donors (Lipinski definition) is 3. The maximum Gasteiger partial charge on any atom is 0.490 e. The highest BCUT2D eigenvalue weighted by Crippen LogP contribution is 2.34. The predicted octanol–water partition coefficient (Wildman–Crippen LogP) is 2.25. The number of carbonyl (C=O) groups is 1. The van der Waals surface area contributed by atoms with Gasteiger partial charge in [0, 0.05) is 6.54 Å². The van der Waals surface area contributed by atoms with Gasteiger partial charge in [-0.3, -0.25) is 4.98 Å². The average molecular weight is 421 g/mol. The molecular formula is C18H18F3N7O2. The number of fused-ring (bicyclic) bond motifs is 1. The molecule has 30 heavy (non-hydrogen) atoms. The van der Waals surface area contributed by atoms with Gasteiger partial charge in [-0.1, -0.05) is 18.2 Å². The summed E-state index contributed by atoms with van der Waals surface area (Å²) in [5, 5.41) is 14.7. The molecule has 0 bridgehead atoms. The second kappa shape index (κ2) is 8.86. The fraction of sp³-hybridized carbons (Fsp3) is 0.278. The summed E-state index contributed by atoms with van der Waals surface area (Å²) in [6.45, 7) is 0.580. The first-order valence-corrected chi connectivity index (χ1v) is 8.83. The number of anilines is 1. The normalized spacial score (nSPS) is 15.1. The number of alkyl halides is 3. The zero-order valence-electron chi connectivity index (χ0n) is 15.5. The van der Waals surface area contributed by atoms with E-state index in [1.807, 2.05) is 0 Å². The minimum Gasteiger partial charge on any atom is -0.475 e. The number of aryl methyl sites for hydroxylation is 1. The summed E-state index contributed by atoms with van der Waals surface area (Å²) in [5.74, 6) is -1.38. The van der Waals surface area contributed by atoms with E-state index in [2.05, 4.69) is 43.6 Å². The summed E-state index contributed by atoms with van der Waals surface area (Å²) < 4.78 is 33.3. The van der Waals surface area contributed by atoms with Gasteiger partial charge in [0.05, 0.1) is 18.4 Å². The number of carboxylic acids is 1. The van der Waals surface area contributed by atoms with Crippen molar-refractivity contribution in [2.45, 2.75) is 31.6 Å². The van der Waals surface area contributed by atoms with Crippen LogP contribution in [-0.4, -0.2) is 42.0 Å². The lowest BCUT2D eigenvalue weighted by Crippen LogP contribution is -2.21. The molecule has 2 aromatic heterocycles. The van der Waals surface area contributed by atoms with Crippen molar-refractivity contribution in [1.29, 1.82) is 0 Å². The molecule has 0 saturated heterocycles. The topological polar surface area (TPSA) is 132 Å². The highest BCUT2D eigenvalue weighted by molar-refractivity contribution is 5.73. The molecule has 4 N–H and O–H groups in total. The van der Waals surface area contributed by atoms with Gasteiger partial charge < -0.3 is 16.2 Å². The van der Waals surface area contributed by atoms with Gasteiger partial charge in [-0.2, -0.15) is 18.3 Å². The molecule has 0 radical (unpaired) electrons. The molecule has 1 atom stereocenters. The van der Waals surface area contributed by atoms with E-state index in [1.165, 1.54) is 23.0 Å². The fourth-order valence-electron chi connectivity index (χ4n) is 2.99. The number of halogens is 3. The lowest BCUT2D eigenvalue weighted by molar-refractivity contribution is -0.192. The van der Waals surface area contributed by atoms with Crippen LogP contribution in [0.5, 0.6) is 0 Å². The molecule has 3 aromatic rings. The number of rotatable bonds is 4. The van der Waals surface area contributed by atoms with Crippen LogP contribution in [0.25, 0.3) is 5.82 Å². The van der Waals surface area contributed by atoms with Crippen LogP contribution in [0.4, 0.5) is 19.0 Å². The van der Waals surface area contributed by atoms with Crippen molar-refractivity contribution in [2.24, 2.45) is 5.73 Å². The Bertz CT molecular complexity index is 1010. The average Bonchev–Trinajstić information content (AvgIpc) is 3.38. The fourth-order valence-corrected chi connectivity index (χ4v) is 2.99. The van der Waals surface area contributed by atoms with Gasteiger partial charge in [0.1, 0.15) is 18.5 Å². The number of nitrogens with one attached hydrogen (secondary N) is 1. The lowest BCUT2D eigenvalue weighted by Gasteiger charge is -2.15. The zero-order chi connectivity index (χ0) is 21.7. The second-order valence-corrected chi connectivity index (χ2v) is 6.38. The summed E-state index contributed by atoms with van der Waals surface area (Å²) in [6.07, 6.45) is 3.48. The third kappa shape index (κ3) is 5.08. The molecule has 4 rings (SSSR count). The molecule has 0 fully saturated rings. The minimum absolute atomic E-state index is 0.247. The Morgan fingerprint density at radius 2 is 2.07 bits per heavy atom. The van der Waals surface area contributed by atoms with E-state index in [0.29, 0.717) is 12.4 Å². The van der Waals surface area contributed by atoms with Crippen molar-refractivity contribution in [3.8, 4) is 5.82 Å². The molecule has 158 valence electrons. The van der Waals surface area contributed by atoms with E-state index in [4.69, 9.17) is 15.6 Å². The van der Waals surface area contributed by atoms with Gasteiger partial charge in [0.25, 0.3) is 0 Å². The number of nitrogens with zero attached hydrogens (tertiary/aromatic N) is 5. The quantitative estimate of drug-likeness (QED) is 0.584. The van der Waals surface area contributed by atoms with E-state index < -0.39 is 12.1 Å².